The van der Waals surface area contributed by atoms with Gasteiger partial charge >= 0.3 is 5.97 Å². The molecule has 3 aliphatic carbocycles. The minimum absolute atomic E-state index is 0.0879. The number of ether oxygens (including phenoxy) is 1. The molecule has 0 aromatic carbocycles. The highest BCUT2D eigenvalue weighted by Gasteiger charge is 2.55. The third-order valence-corrected chi connectivity index (χ3v) is 7.69. The zero-order valence-corrected chi connectivity index (χ0v) is 15.3. The van der Waals surface area contributed by atoms with Crippen LogP contribution in [0, 0.1) is 23.2 Å². The summed E-state index contributed by atoms with van der Waals surface area (Å²) in [4.78, 5) is 12.5. The van der Waals surface area contributed by atoms with Gasteiger partial charge < -0.3 is 10.1 Å². The van der Waals surface area contributed by atoms with Gasteiger partial charge in [-0.1, -0.05) is 25.5 Å². The lowest BCUT2D eigenvalue weighted by Crippen LogP contribution is -2.91. The van der Waals surface area contributed by atoms with E-state index >= 15 is 0 Å². The summed E-state index contributed by atoms with van der Waals surface area (Å²) >= 11 is 0. The maximum absolute atomic E-state index is 12.5. The van der Waals surface area contributed by atoms with Crippen molar-refractivity contribution in [2.75, 3.05) is 6.54 Å². The lowest BCUT2D eigenvalue weighted by Gasteiger charge is -2.49. The molecule has 134 valence electrons. The van der Waals surface area contributed by atoms with Crippen molar-refractivity contribution in [1.29, 1.82) is 0 Å². The number of carbonyl (C=O) groups excluding carboxylic acids is 1. The van der Waals surface area contributed by atoms with Crippen LogP contribution >= 0.6 is 0 Å². The maximum atomic E-state index is 12.5. The van der Waals surface area contributed by atoms with Gasteiger partial charge in [0.25, 0.3) is 0 Å². The van der Waals surface area contributed by atoms with Gasteiger partial charge in [-0.3, -0.25) is 4.79 Å². The van der Waals surface area contributed by atoms with Crippen molar-refractivity contribution in [1.82, 2.24) is 0 Å². The van der Waals surface area contributed by atoms with E-state index in [1.54, 1.807) is 0 Å². The minimum Gasteiger partial charge on any atom is -0.462 e. The molecule has 2 N–H and O–H groups in total. The number of fused-ring (bicyclic) bond motifs is 2. The lowest BCUT2D eigenvalue weighted by atomic mass is 9.55. The van der Waals surface area contributed by atoms with Crippen molar-refractivity contribution < 1.29 is 14.8 Å². The van der Waals surface area contributed by atoms with Crippen LogP contribution < -0.4 is 5.32 Å². The fourth-order valence-corrected chi connectivity index (χ4v) is 6.23. The van der Waals surface area contributed by atoms with Crippen molar-refractivity contribution in [3.05, 3.63) is 12.2 Å². The predicted octanol–water partition coefficient (Wildman–Crippen LogP) is 3.20. The molecule has 0 aromatic rings. The van der Waals surface area contributed by atoms with Gasteiger partial charge in [0.15, 0.2) is 0 Å². The van der Waals surface area contributed by atoms with E-state index in [0.717, 1.165) is 25.4 Å². The Labute approximate surface area is 146 Å². The summed E-state index contributed by atoms with van der Waals surface area (Å²) in [6.45, 7) is 7.74. The summed E-state index contributed by atoms with van der Waals surface area (Å²) in [5.74, 6) is 1.26. The summed E-state index contributed by atoms with van der Waals surface area (Å²) in [5.41, 5.74) is 1.76. The summed E-state index contributed by atoms with van der Waals surface area (Å²) in [5, 5.41) is 2.47. The van der Waals surface area contributed by atoms with Crippen LogP contribution in [0.2, 0.25) is 0 Å². The topological polar surface area (TPSA) is 42.9 Å². The van der Waals surface area contributed by atoms with E-state index in [-0.39, 0.29) is 18.0 Å². The molecular weight excluding hydrogens is 298 g/mol. The Morgan fingerprint density at radius 3 is 2.83 bits per heavy atom. The number of nitrogens with two attached hydrogens (primary N) is 1. The van der Waals surface area contributed by atoms with Gasteiger partial charge in [0.1, 0.15) is 12.0 Å². The molecule has 5 atom stereocenters. The third-order valence-electron chi connectivity index (χ3n) is 7.69. The van der Waals surface area contributed by atoms with Crippen molar-refractivity contribution in [2.45, 2.75) is 83.3 Å². The number of rotatable bonds is 3. The fraction of sp³-hybridized carbons (Fsp3) is 0.857. The van der Waals surface area contributed by atoms with E-state index in [1.807, 2.05) is 0 Å². The van der Waals surface area contributed by atoms with Crippen LogP contribution in [-0.4, -0.2) is 24.7 Å². The molecule has 3 saturated carbocycles. The van der Waals surface area contributed by atoms with Gasteiger partial charge in [-0.25, -0.2) is 0 Å². The van der Waals surface area contributed by atoms with Crippen LogP contribution in [0.4, 0.5) is 0 Å². The standard InChI is InChI=1S/C21H33NO2/c1-14-7-6-10-21(2)12-19-16(11-18(14)21)17(20(23)24-19)13-22-15-8-4-3-5-9-15/h15-19,22H,1,3-13H2,2H3/p+1/t16-,17+,18-,19-,21-/m1/s1. The summed E-state index contributed by atoms with van der Waals surface area (Å²) in [6.07, 6.45) is 12.9. The van der Waals surface area contributed by atoms with Crippen molar-refractivity contribution >= 4 is 5.97 Å². The Bertz CT molecular complexity index is 510. The van der Waals surface area contributed by atoms with Gasteiger partial charge in [0.05, 0.1) is 12.6 Å². The summed E-state index contributed by atoms with van der Waals surface area (Å²) in [6, 6.07) is 0.740. The molecule has 0 spiro atoms. The molecule has 1 saturated heterocycles. The van der Waals surface area contributed by atoms with E-state index in [0.29, 0.717) is 17.3 Å². The smallest absolute Gasteiger partial charge is 0.315 e. The quantitative estimate of drug-likeness (QED) is 0.637. The molecule has 3 heteroatoms. The Morgan fingerprint density at radius 2 is 2.04 bits per heavy atom. The van der Waals surface area contributed by atoms with Crippen LogP contribution in [0.3, 0.4) is 0 Å². The second kappa shape index (κ2) is 6.48. The van der Waals surface area contributed by atoms with E-state index in [1.165, 1.54) is 56.9 Å². The second-order valence-corrected chi connectivity index (χ2v) is 9.27. The first kappa shape index (κ1) is 16.6. The van der Waals surface area contributed by atoms with Crippen LogP contribution in [0.1, 0.15) is 71.1 Å². The molecule has 0 radical (unpaired) electrons. The highest BCUT2D eigenvalue weighted by atomic mass is 16.6. The molecule has 24 heavy (non-hydrogen) atoms. The number of quaternary nitrogens is 1. The van der Waals surface area contributed by atoms with E-state index in [4.69, 9.17) is 4.74 Å². The molecular formula is C21H34NO2+. The zero-order valence-electron chi connectivity index (χ0n) is 15.3. The average molecular weight is 333 g/mol. The van der Waals surface area contributed by atoms with Gasteiger partial charge in [-0.15, -0.1) is 0 Å². The van der Waals surface area contributed by atoms with E-state index in [2.05, 4.69) is 18.8 Å². The molecule has 3 nitrogen and oxygen atoms in total. The first-order valence-electron chi connectivity index (χ1n) is 10.3. The number of hydrogen-bond acceptors (Lipinski definition) is 2. The highest BCUT2D eigenvalue weighted by Crippen LogP contribution is 2.56. The lowest BCUT2D eigenvalue weighted by molar-refractivity contribution is -0.695. The number of esters is 1. The maximum Gasteiger partial charge on any atom is 0.315 e. The molecule has 4 fully saturated rings. The van der Waals surface area contributed by atoms with Gasteiger partial charge in [-0.2, -0.15) is 0 Å². The molecule has 0 bridgehead atoms. The van der Waals surface area contributed by atoms with E-state index in [9.17, 15) is 4.79 Å². The molecule has 4 rings (SSSR count). The van der Waals surface area contributed by atoms with Gasteiger partial charge in [0, 0.05) is 5.92 Å². The first-order chi connectivity index (χ1) is 11.6. The SMILES string of the molecule is C=C1CCC[C@]2(C)C[C@H]3OC(=O)[C@@H](C[NH2+]C4CCCCC4)[C@H]3C[C@H]12. The normalized spacial score (nSPS) is 43.2. The Kier molecular flexibility index (Phi) is 4.49. The number of allylic oxidation sites excluding steroid dienone is 1. The Hall–Kier alpha value is -0.830. The molecule has 0 amide bonds. The number of carbonyl (C=O) groups is 1. The van der Waals surface area contributed by atoms with Gasteiger partial charge in [-0.05, 0) is 69.1 Å². The second-order valence-electron chi connectivity index (χ2n) is 9.27. The van der Waals surface area contributed by atoms with Crippen LogP contribution in [0.15, 0.2) is 12.2 Å². The Balaban J connectivity index is 1.43. The van der Waals surface area contributed by atoms with Crippen molar-refractivity contribution in [3.8, 4) is 0 Å². The summed E-state index contributed by atoms with van der Waals surface area (Å²) < 4.78 is 5.88. The van der Waals surface area contributed by atoms with Crippen molar-refractivity contribution in [2.24, 2.45) is 23.2 Å². The van der Waals surface area contributed by atoms with Crippen LogP contribution in [0.25, 0.3) is 0 Å². The highest BCUT2D eigenvalue weighted by molar-refractivity contribution is 5.75. The molecule has 4 aliphatic rings. The number of hydrogen-bond donors (Lipinski definition) is 1. The Morgan fingerprint density at radius 1 is 1.25 bits per heavy atom. The monoisotopic (exact) mass is 332 g/mol. The average Bonchev–Trinajstić information content (AvgIpc) is 2.86. The predicted molar refractivity (Wildman–Crippen MR) is 94.3 cm³/mol. The first-order valence-corrected chi connectivity index (χ1v) is 10.3. The summed E-state index contributed by atoms with van der Waals surface area (Å²) in [7, 11) is 0. The zero-order chi connectivity index (χ0) is 16.7. The van der Waals surface area contributed by atoms with Gasteiger partial charge in [0.2, 0.25) is 0 Å². The minimum atomic E-state index is 0.0879. The fourth-order valence-electron chi connectivity index (χ4n) is 6.23. The molecule has 0 aromatic heterocycles. The molecule has 1 heterocycles. The van der Waals surface area contributed by atoms with Crippen LogP contribution in [-0.2, 0) is 9.53 Å². The molecule has 1 aliphatic heterocycles. The van der Waals surface area contributed by atoms with Crippen LogP contribution in [0.5, 0.6) is 0 Å². The molecule has 0 unspecified atom stereocenters. The largest absolute Gasteiger partial charge is 0.462 e. The third kappa shape index (κ3) is 2.94. The van der Waals surface area contributed by atoms with E-state index < -0.39 is 0 Å². The van der Waals surface area contributed by atoms with Crippen molar-refractivity contribution in [3.63, 3.8) is 0 Å².